The Bertz CT molecular complexity index is 636. The topological polar surface area (TPSA) is 186 Å². The van der Waals surface area contributed by atoms with Crippen molar-refractivity contribution in [2.75, 3.05) is 6.61 Å². The number of rotatable bonds is 5. The average Bonchev–Trinajstić information content (AvgIpc) is 2.54. The molecule has 1 aromatic carbocycles. The Morgan fingerprint density at radius 3 is 2.29 bits per heavy atom. The fourth-order valence-electron chi connectivity index (χ4n) is 2.23. The predicted octanol–water partition coefficient (Wildman–Crippen LogP) is -1.32. The van der Waals surface area contributed by atoms with E-state index in [1.165, 1.54) is 0 Å². The fourth-order valence-corrected chi connectivity index (χ4v) is 2.23. The van der Waals surface area contributed by atoms with E-state index < -0.39 is 64.3 Å². The van der Waals surface area contributed by atoms with Crippen molar-refractivity contribution in [1.29, 1.82) is 0 Å². The molecule has 132 valence electrons. The van der Waals surface area contributed by atoms with Crippen LogP contribution >= 0.6 is 0 Å². The van der Waals surface area contributed by atoms with E-state index >= 15 is 0 Å². The first-order chi connectivity index (χ1) is 11.3. The Hall–Kier alpha value is -2.38. The number of ether oxygens (including phenoxy) is 2. The molecule has 24 heavy (non-hydrogen) atoms. The highest BCUT2D eigenvalue weighted by molar-refractivity contribution is 5.61. The summed E-state index contributed by atoms with van der Waals surface area (Å²) in [6, 6.07) is 3.08. The van der Waals surface area contributed by atoms with Crippen molar-refractivity contribution in [2.45, 2.75) is 30.7 Å². The van der Waals surface area contributed by atoms with Crippen molar-refractivity contribution >= 4 is 11.4 Å². The maximum atomic E-state index is 11.1. The summed E-state index contributed by atoms with van der Waals surface area (Å²) in [6.45, 7) is -0.720. The number of nitrogens with zero attached hydrogens (tertiary/aromatic N) is 2. The standard InChI is InChI=1S/C12H14N2O10/c15-4-7-9(16)10(17)11(18)12(24-7)23-6-3-1-2-5(13(19)20)8(6)14(21)22/h1-3,7,9-12,15-18H,4H2/t7-,9-,10+,11-,12+/m1/s1. The monoisotopic (exact) mass is 346 g/mol. The maximum absolute atomic E-state index is 11.1. The summed E-state index contributed by atoms with van der Waals surface area (Å²) in [5, 5.41) is 60.2. The van der Waals surface area contributed by atoms with E-state index in [1.807, 2.05) is 0 Å². The Morgan fingerprint density at radius 1 is 1.08 bits per heavy atom. The van der Waals surface area contributed by atoms with Crippen LogP contribution in [0.5, 0.6) is 5.75 Å². The van der Waals surface area contributed by atoms with Gasteiger partial charge in [-0.3, -0.25) is 20.2 Å². The Balaban J connectivity index is 2.35. The summed E-state index contributed by atoms with van der Waals surface area (Å²) in [7, 11) is 0. The summed E-state index contributed by atoms with van der Waals surface area (Å²) in [5.74, 6) is -0.571. The molecule has 12 heteroatoms. The molecular formula is C12H14N2O10. The molecule has 4 N–H and O–H groups in total. The number of nitro benzene ring substituents is 2. The third kappa shape index (κ3) is 3.27. The van der Waals surface area contributed by atoms with Crippen LogP contribution in [-0.4, -0.2) is 67.6 Å². The van der Waals surface area contributed by atoms with Gasteiger partial charge in [0.15, 0.2) is 0 Å². The molecule has 1 aliphatic heterocycles. The van der Waals surface area contributed by atoms with Crippen LogP contribution in [0, 0.1) is 20.2 Å². The SMILES string of the molecule is O=[N+]([O-])c1cccc(O[C@H]2O[C@H](CO)[C@@H](O)[C@H](O)[C@H]2O)c1[N+](=O)[O-]. The van der Waals surface area contributed by atoms with Gasteiger partial charge in [-0.2, -0.15) is 0 Å². The summed E-state index contributed by atoms with van der Waals surface area (Å²) in [4.78, 5) is 20.0. The lowest BCUT2D eigenvalue weighted by atomic mass is 9.99. The maximum Gasteiger partial charge on any atom is 0.387 e. The van der Waals surface area contributed by atoms with Gasteiger partial charge in [0.1, 0.15) is 24.4 Å². The second-order valence-electron chi connectivity index (χ2n) is 4.95. The number of nitro groups is 2. The molecular weight excluding hydrogens is 332 g/mol. The molecule has 0 aromatic heterocycles. The van der Waals surface area contributed by atoms with E-state index in [0.717, 1.165) is 18.2 Å². The molecule has 1 aliphatic rings. The average molecular weight is 346 g/mol. The minimum Gasteiger partial charge on any atom is -0.454 e. The number of hydrogen-bond donors (Lipinski definition) is 4. The van der Waals surface area contributed by atoms with Gasteiger partial charge >= 0.3 is 11.4 Å². The van der Waals surface area contributed by atoms with Crippen LogP contribution in [-0.2, 0) is 4.74 Å². The molecule has 2 rings (SSSR count). The Kier molecular flexibility index (Phi) is 5.26. The molecule has 12 nitrogen and oxygen atoms in total. The molecule has 0 unspecified atom stereocenters. The van der Waals surface area contributed by atoms with Gasteiger partial charge in [0, 0.05) is 6.07 Å². The molecule has 5 atom stereocenters. The van der Waals surface area contributed by atoms with Crippen molar-refractivity contribution in [3.05, 3.63) is 38.4 Å². The van der Waals surface area contributed by atoms with Gasteiger partial charge in [-0.25, -0.2) is 0 Å². The van der Waals surface area contributed by atoms with Gasteiger partial charge in [-0.15, -0.1) is 0 Å². The van der Waals surface area contributed by atoms with Crippen LogP contribution in [0.2, 0.25) is 0 Å². The van der Waals surface area contributed by atoms with Crippen molar-refractivity contribution in [1.82, 2.24) is 0 Å². The van der Waals surface area contributed by atoms with E-state index in [1.54, 1.807) is 0 Å². The largest absolute Gasteiger partial charge is 0.454 e. The predicted molar refractivity (Wildman–Crippen MR) is 74.1 cm³/mol. The number of aliphatic hydroxyl groups is 4. The van der Waals surface area contributed by atoms with E-state index in [9.17, 15) is 35.5 Å². The highest BCUT2D eigenvalue weighted by atomic mass is 16.7. The molecule has 0 bridgehead atoms. The molecule has 0 amide bonds. The van der Waals surface area contributed by atoms with Crippen LogP contribution < -0.4 is 4.74 Å². The quantitative estimate of drug-likeness (QED) is 0.368. The lowest BCUT2D eigenvalue weighted by molar-refractivity contribution is -0.423. The van der Waals surface area contributed by atoms with Gasteiger partial charge < -0.3 is 29.9 Å². The van der Waals surface area contributed by atoms with Gasteiger partial charge in [0.2, 0.25) is 12.0 Å². The zero-order chi connectivity index (χ0) is 18.0. The summed E-state index contributed by atoms with van der Waals surface area (Å²) in [5.41, 5.74) is -1.79. The van der Waals surface area contributed by atoms with Crippen molar-refractivity contribution < 1.29 is 39.7 Å². The summed E-state index contributed by atoms with van der Waals surface area (Å²) in [6.07, 6.45) is -8.17. The van der Waals surface area contributed by atoms with Crippen LogP contribution in [0.4, 0.5) is 11.4 Å². The number of aliphatic hydroxyl groups excluding tert-OH is 4. The molecule has 1 aromatic rings. The fraction of sp³-hybridized carbons (Fsp3) is 0.500. The van der Waals surface area contributed by atoms with Gasteiger partial charge in [-0.1, -0.05) is 6.07 Å². The number of para-hydroxylation sites is 1. The molecule has 1 fully saturated rings. The van der Waals surface area contributed by atoms with Gasteiger partial charge in [-0.05, 0) is 6.07 Å². The lowest BCUT2D eigenvalue weighted by Gasteiger charge is -2.39. The van der Waals surface area contributed by atoms with Gasteiger partial charge in [0.25, 0.3) is 0 Å². The summed E-state index contributed by atoms with van der Waals surface area (Å²) < 4.78 is 10.1. The molecule has 0 aliphatic carbocycles. The minimum absolute atomic E-state index is 0.571. The highest BCUT2D eigenvalue weighted by Gasteiger charge is 2.45. The third-order valence-electron chi connectivity index (χ3n) is 3.45. The molecule has 0 radical (unpaired) electrons. The second kappa shape index (κ2) is 7.02. The first-order valence-electron chi connectivity index (χ1n) is 6.67. The first-order valence-corrected chi connectivity index (χ1v) is 6.67. The lowest BCUT2D eigenvalue weighted by Crippen LogP contribution is -2.60. The normalized spacial score (nSPS) is 29.9. The molecule has 0 saturated carbocycles. The highest BCUT2D eigenvalue weighted by Crippen LogP contribution is 2.37. The smallest absolute Gasteiger partial charge is 0.387 e. The van der Waals surface area contributed by atoms with E-state index in [-0.39, 0.29) is 0 Å². The number of benzene rings is 1. The zero-order valence-corrected chi connectivity index (χ0v) is 12.0. The van der Waals surface area contributed by atoms with Crippen molar-refractivity contribution in [2.24, 2.45) is 0 Å². The van der Waals surface area contributed by atoms with E-state index in [0.29, 0.717) is 0 Å². The Labute approximate surface area is 133 Å². The van der Waals surface area contributed by atoms with E-state index in [4.69, 9.17) is 14.6 Å². The minimum atomic E-state index is -1.80. The van der Waals surface area contributed by atoms with Crippen LogP contribution in [0.1, 0.15) is 0 Å². The molecule has 1 heterocycles. The van der Waals surface area contributed by atoms with Crippen LogP contribution in [0.3, 0.4) is 0 Å². The van der Waals surface area contributed by atoms with E-state index in [2.05, 4.69) is 0 Å². The molecule has 0 spiro atoms. The summed E-state index contributed by atoms with van der Waals surface area (Å²) >= 11 is 0. The zero-order valence-electron chi connectivity index (χ0n) is 12.0. The second-order valence-corrected chi connectivity index (χ2v) is 4.95. The third-order valence-corrected chi connectivity index (χ3v) is 3.45. The van der Waals surface area contributed by atoms with Crippen molar-refractivity contribution in [3.63, 3.8) is 0 Å². The number of hydrogen-bond acceptors (Lipinski definition) is 10. The first kappa shape index (κ1) is 18.0. The van der Waals surface area contributed by atoms with Crippen LogP contribution in [0.25, 0.3) is 0 Å². The Morgan fingerprint density at radius 2 is 1.75 bits per heavy atom. The van der Waals surface area contributed by atoms with Gasteiger partial charge in [0.05, 0.1) is 16.5 Å². The van der Waals surface area contributed by atoms with Crippen molar-refractivity contribution in [3.8, 4) is 5.75 Å². The molecule has 1 saturated heterocycles. The van der Waals surface area contributed by atoms with Crippen LogP contribution in [0.15, 0.2) is 18.2 Å².